The van der Waals surface area contributed by atoms with E-state index in [1.165, 1.54) is 4.90 Å². The van der Waals surface area contributed by atoms with Crippen LogP contribution in [-0.4, -0.2) is 52.1 Å². The Kier molecular flexibility index (Phi) is 4.68. The van der Waals surface area contributed by atoms with Crippen molar-refractivity contribution in [2.24, 2.45) is 0 Å². The number of nitrogens with one attached hydrogen (secondary N) is 1. The van der Waals surface area contributed by atoms with Crippen LogP contribution in [0.4, 0.5) is 4.79 Å². The highest BCUT2D eigenvalue weighted by Gasteiger charge is 2.34. The molecule has 0 aliphatic carbocycles. The minimum atomic E-state index is -0.915. The minimum absolute atomic E-state index is 0.0336. The third-order valence-electron chi connectivity index (χ3n) is 3.02. The summed E-state index contributed by atoms with van der Waals surface area (Å²) < 4.78 is -0.0336. The van der Waals surface area contributed by atoms with E-state index < -0.39 is 12.0 Å². The lowest BCUT2D eigenvalue weighted by molar-refractivity contribution is -0.141. The molecule has 2 amide bonds. The molecule has 17 heavy (non-hydrogen) atoms. The maximum Gasteiger partial charge on any atom is 0.326 e. The number of urea groups is 1. The van der Waals surface area contributed by atoms with Gasteiger partial charge in [-0.3, -0.25) is 0 Å². The van der Waals surface area contributed by atoms with Crippen molar-refractivity contribution in [3.8, 4) is 0 Å². The smallest absolute Gasteiger partial charge is 0.326 e. The van der Waals surface area contributed by atoms with Crippen LogP contribution in [0, 0.1) is 0 Å². The van der Waals surface area contributed by atoms with E-state index in [1.807, 2.05) is 20.1 Å². The van der Waals surface area contributed by atoms with E-state index in [0.717, 1.165) is 6.42 Å². The Hall–Kier alpha value is -0.910. The average Bonchev–Trinajstić information content (AvgIpc) is 2.75. The van der Waals surface area contributed by atoms with Gasteiger partial charge in [-0.25, -0.2) is 9.59 Å². The van der Waals surface area contributed by atoms with Crippen LogP contribution in [0.1, 0.15) is 26.7 Å². The second-order valence-corrected chi connectivity index (χ2v) is 6.33. The monoisotopic (exact) mass is 260 g/mol. The van der Waals surface area contributed by atoms with Gasteiger partial charge >= 0.3 is 12.0 Å². The highest BCUT2D eigenvalue weighted by Crippen LogP contribution is 2.21. The van der Waals surface area contributed by atoms with Crippen LogP contribution in [0.5, 0.6) is 0 Å². The predicted molar refractivity (Wildman–Crippen MR) is 68.4 cm³/mol. The molecule has 0 saturated carbocycles. The van der Waals surface area contributed by atoms with Gasteiger partial charge in [0.15, 0.2) is 0 Å². The molecule has 1 aliphatic heterocycles. The Bertz CT molecular complexity index is 307. The molecule has 2 N–H and O–H groups in total. The summed E-state index contributed by atoms with van der Waals surface area (Å²) in [6.07, 6.45) is 3.30. The van der Waals surface area contributed by atoms with Gasteiger partial charge in [-0.2, -0.15) is 11.8 Å². The zero-order chi connectivity index (χ0) is 13.1. The Labute approximate surface area is 106 Å². The van der Waals surface area contributed by atoms with Crippen LogP contribution in [-0.2, 0) is 4.79 Å². The SMILES string of the molecule is CSC(C)(C)CNC(=O)N1CCC[C@H]1C(=O)O. The quantitative estimate of drug-likeness (QED) is 0.801. The number of thioether (sulfide) groups is 1. The lowest BCUT2D eigenvalue weighted by Gasteiger charge is -2.26. The minimum Gasteiger partial charge on any atom is -0.480 e. The number of likely N-dealkylation sites (tertiary alicyclic amines) is 1. The standard InChI is InChI=1S/C11H20N2O3S/c1-11(2,17-3)7-12-10(16)13-6-4-5-8(13)9(14)15/h8H,4-7H2,1-3H3,(H,12,16)(H,14,15)/t8-/m0/s1. The topological polar surface area (TPSA) is 69.6 Å². The third kappa shape index (κ3) is 3.80. The van der Waals surface area contributed by atoms with Crippen LogP contribution in [0.2, 0.25) is 0 Å². The zero-order valence-electron chi connectivity index (χ0n) is 10.5. The Morgan fingerprint density at radius 1 is 1.53 bits per heavy atom. The summed E-state index contributed by atoms with van der Waals surface area (Å²) in [5.74, 6) is -0.915. The van der Waals surface area contributed by atoms with Crippen LogP contribution >= 0.6 is 11.8 Å². The number of carbonyl (C=O) groups is 2. The van der Waals surface area contributed by atoms with E-state index in [1.54, 1.807) is 11.8 Å². The van der Waals surface area contributed by atoms with Crippen LogP contribution in [0.25, 0.3) is 0 Å². The molecular weight excluding hydrogens is 240 g/mol. The van der Waals surface area contributed by atoms with Gasteiger partial charge in [-0.05, 0) is 32.9 Å². The molecule has 1 saturated heterocycles. The molecule has 1 heterocycles. The molecule has 0 unspecified atom stereocenters. The molecule has 0 aromatic rings. The van der Waals surface area contributed by atoms with Crippen LogP contribution < -0.4 is 5.32 Å². The molecule has 5 nitrogen and oxygen atoms in total. The number of amides is 2. The van der Waals surface area contributed by atoms with Gasteiger partial charge in [0.1, 0.15) is 6.04 Å². The van der Waals surface area contributed by atoms with Crippen molar-refractivity contribution < 1.29 is 14.7 Å². The number of carboxylic acids is 1. The molecule has 1 rings (SSSR count). The van der Waals surface area contributed by atoms with E-state index >= 15 is 0 Å². The van der Waals surface area contributed by atoms with Gasteiger partial charge in [0.2, 0.25) is 0 Å². The van der Waals surface area contributed by atoms with Gasteiger partial charge < -0.3 is 15.3 Å². The summed E-state index contributed by atoms with van der Waals surface area (Å²) >= 11 is 1.67. The van der Waals surface area contributed by atoms with E-state index in [4.69, 9.17) is 5.11 Å². The van der Waals surface area contributed by atoms with Crippen molar-refractivity contribution in [3.05, 3.63) is 0 Å². The number of rotatable bonds is 4. The second kappa shape index (κ2) is 5.62. The third-order valence-corrected chi connectivity index (χ3v) is 4.27. The zero-order valence-corrected chi connectivity index (χ0v) is 11.3. The highest BCUT2D eigenvalue weighted by atomic mass is 32.2. The van der Waals surface area contributed by atoms with Crippen molar-refractivity contribution in [3.63, 3.8) is 0 Å². The van der Waals surface area contributed by atoms with Crippen molar-refractivity contribution in [2.75, 3.05) is 19.3 Å². The maximum atomic E-state index is 11.9. The first-order valence-corrected chi connectivity index (χ1v) is 6.92. The Balaban J connectivity index is 2.50. The number of aliphatic carboxylic acids is 1. The van der Waals surface area contributed by atoms with E-state index in [9.17, 15) is 9.59 Å². The summed E-state index contributed by atoms with van der Waals surface area (Å²) in [4.78, 5) is 24.2. The van der Waals surface area contributed by atoms with Gasteiger partial charge in [0, 0.05) is 17.8 Å². The van der Waals surface area contributed by atoms with Gasteiger partial charge in [-0.15, -0.1) is 0 Å². The normalized spacial score (nSPS) is 20.4. The lowest BCUT2D eigenvalue weighted by atomic mass is 10.2. The fourth-order valence-electron chi connectivity index (χ4n) is 1.73. The first-order chi connectivity index (χ1) is 7.87. The fraction of sp³-hybridized carbons (Fsp3) is 0.818. The molecular formula is C11H20N2O3S. The van der Waals surface area contributed by atoms with Gasteiger partial charge in [0.25, 0.3) is 0 Å². The average molecular weight is 260 g/mol. The van der Waals surface area contributed by atoms with Crippen molar-refractivity contribution in [2.45, 2.75) is 37.5 Å². The maximum absolute atomic E-state index is 11.9. The summed E-state index contributed by atoms with van der Waals surface area (Å²) in [6, 6.07) is -0.926. The second-order valence-electron chi connectivity index (χ2n) is 4.81. The van der Waals surface area contributed by atoms with Crippen LogP contribution in [0.15, 0.2) is 0 Å². The van der Waals surface area contributed by atoms with Crippen molar-refractivity contribution in [1.82, 2.24) is 10.2 Å². The molecule has 0 spiro atoms. The van der Waals surface area contributed by atoms with Gasteiger partial charge in [-0.1, -0.05) is 0 Å². The molecule has 1 fully saturated rings. The molecule has 0 radical (unpaired) electrons. The number of nitrogens with zero attached hydrogens (tertiary/aromatic N) is 1. The largest absolute Gasteiger partial charge is 0.480 e. The summed E-state index contributed by atoms with van der Waals surface area (Å²) in [5, 5.41) is 11.8. The Morgan fingerprint density at radius 2 is 2.18 bits per heavy atom. The molecule has 1 atom stereocenters. The molecule has 1 aliphatic rings. The summed E-state index contributed by atoms with van der Waals surface area (Å²) in [7, 11) is 0. The lowest BCUT2D eigenvalue weighted by Crippen LogP contribution is -2.48. The molecule has 0 aromatic heterocycles. The van der Waals surface area contributed by atoms with Gasteiger partial charge in [0.05, 0.1) is 0 Å². The van der Waals surface area contributed by atoms with E-state index in [2.05, 4.69) is 5.32 Å². The number of hydrogen-bond donors (Lipinski definition) is 2. The molecule has 0 bridgehead atoms. The number of carboxylic acid groups (broad SMARTS) is 1. The van der Waals surface area contributed by atoms with E-state index in [0.29, 0.717) is 19.5 Å². The van der Waals surface area contributed by atoms with Crippen LogP contribution in [0.3, 0.4) is 0 Å². The Morgan fingerprint density at radius 3 is 2.71 bits per heavy atom. The van der Waals surface area contributed by atoms with E-state index in [-0.39, 0.29) is 10.8 Å². The van der Waals surface area contributed by atoms with Crippen molar-refractivity contribution in [1.29, 1.82) is 0 Å². The number of hydrogen-bond acceptors (Lipinski definition) is 3. The fourth-order valence-corrected chi connectivity index (χ4v) is 1.95. The first kappa shape index (κ1) is 14.2. The van der Waals surface area contributed by atoms with Crippen molar-refractivity contribution >= 4 is 23.8 Å². The predicted octanol–water partition coefficient (Wildman–Crippen LogP) is 1.39. The number of carbonyl (C=O) groups excluding carboxylic acids is 1. The molecule has 0 aromatic carbocycles. The summed E-state index contributed by atoms with van der Waals surface area (Å²) in [5.41, 5.74) is 0. The summed E-state index contributed by atoms with van der Waals surface area (Å²) in [6.45, 7) is 5.14. The molecule has 98 valence electrons. The first-order valence-electron chi connectivity index (χ1n) is 5.70. The molecule has 6 heteroatoms. The highest BCUT2D eigenvalue weighted by molar-refractivity contribution is 7.99.